The van der Waals surface area contributed by atoms with E-state index in [1.807, 2.05) is 18.2 Å². The molecule has 21 heavy (non-hydrogen) atoms. The molecule has 0 unspecified atom stereocenters. The zero-order valence-electron chi connectivity index (χ0n) is 12.7. The van der Waals surface area contributed by atoms with Crippen molar-refractivity contribution in [2.45, 2.75) is 26.2 Å². The minimum atomic E-state index is 0.442. The van der Waals surface area contributed by atoms with Crippen LogP contribution in [-0.2, 0) is 16.0 Å². The lowest BCUT2D eigenvalue weighted by molar-refractivity contribution is -0.109. The van der Waals surface area contributed by atoms with Crippen molar-refractivity contribution >= 4 is 18.0 Å². The molecule has 0 aliphatic heterocycles. The Labute approximate surface area is 131 Å². The van der Waals surface area contributed by atoms with Gasteiger partial charge in [0.2, 0.25) is 6.41 Å². The lowest BCUT2D eigenvalue weighted by Gasteiger charge is -2.12. The molecule has 0 radical (unpaired) electrons. The SMILES string of the molecule is COCCCOc1cc(CC[C@H](C)CNC=O)ccc1Cl. The third-order valence-corrected chi connectivity index (χ3v) is 3.53. The highest BCUT2D eigenvalue weighted by atomic mass is 35.5. The summed E-state index contributed by atoms with van der Waals surface area (Å²) in [7, 11) is 1.67. The molecule has 1 aromatic carbocycles. The first-order chi connectivity index (χ1) is 10.2. The molecule has 1 rings (SSSR count). The molecular weight excluding hydrogens is 290 g/mol. The first-order valence-corrected chi connectivity index (χ1v) is 7.62. The zero-order chi connectivity index (χ0) is 15.5. The van der Waals surface area contributed by atoms with Gasteiger partial charge in [-0.2, -0.15) is 0 Å². The number of nitrogens with one attached hydrogen (secondary N) is 1. The Bertz CT molecular complexity index is 426. The molecule has 118 valence electrons. The Balaban J connectivity index is 2.46. The van der Waals surface area contributed by atoms with E-state index >= 15 is 0 Å². The van der Waals surface area contributed by atoms with Gasteiger partial charge >= 0.3 is 0 Å². The number of carbonyl (C=O) groups excluding carboxylic acids is 1. The highest BCUT2D eigenvalue weighted by Crippen LogP contribution is 2.26. The number of ether oxygens (including phenoxy) is 2. The molecule has 4 nitrogen and oxygen atoms in total. The maximum absolute atomic E-state index is 10.3. The number of halogens is 1. The maximum Gasteiger partial charge on any atom is 0.207 e. The lowest BCUT2D eigenvalue weighted by Crippen LogP contribution is -2.19. The van der Waals surface area contributed by atoms with Gasteiger partial charge in [-0.3, -0.25) is 4.79 Å². The smallest absolute Gasteiger partial charge is 0.207 e. The molecule has 0 bridgehead atoms. The number of benzene rings is 1. The minimum absolute atomic E-state index is 0.442. The van der Waals surface area contributed by atoms with Crippen LogP contribution in [0.4, 0.5) is 0 Å². The molecule has 0 fully saturated rings. The second-order valence-electron chi connectivity index (χ2n) is 5.13. The quantitative estimate of drug-likeness (QED) is 0.504. The van der Waals surface area contributed by atoms with Crippen molar-refractivity contribution in [3.63, 3.8) is 0 Å². The number of hydrogen-bond donors (Lipinski definition) is 1. The van der Waals surface area contributed by atoms with E-state index in [0.717, 1.165) is 31.4 Å². The van der Waals surface area contributed by atoms with Crippen molar-refractivity contribution in [3.8, 4) is 5.75 Å². The van der Waals surface area contributed by atoms with E-state index in [2.05, 4.69) is 12.2 Å². The van der Waals surface area contributed by atoms with Crippen LogP contribution in [0.2, 0.25) is 5.02 Å². The van der Waals surface area contributed by atoms with Crippen LogP contribution in [0.5, 0.6) is 5.75 Å². The van der Waals surface area contributed by atoms with Crippen LogP contribution in [0.1, 0.15) is 25.3 Å². The molecule has 1 N–H and O–H groups in total. The molecule has 0 aliphatic carbocycles. The first-order valence-electron chi connectivity index (χ1n) is 7.24. The molecule has 1 aromatic rings. The fourth-order valence-corrected chi connectivity index (χ4v) is 2.14. The molecular formula is C16H24ClNO3. The first kappa shape index (κ1) is 17.8. The van der Waals surface area contributed by atoms with Gasteiger partial charge in [0.05, 0.1) is 11.6 Å². The molecule has 0 aliphatic rings. The predicted molar refractivity (Wildman–Crippen MR) is 85.0 cm³/mol. The summed E-state index contributed by atoms with van der Waals surface area (Å²) in [4.78, 5) is 10.3. The van der Waals surface area contributed by atoms with Crippen LogP contribution in [0.25, 0.3) is 0 Å². The Morgan fingerprint density at radius 3 is 2.90 bits per heavy atom. The number of methoxy groups -OCH3 is 1. The third-order valence-electron chi connectivity index (χ3n) is 3.22. The van der Waals surface area contributed by atoms with Gasteiger partial charge in [0.25, 0.3) is 0 Å². The second kappa shape index (κ2) is 10.5. The lowest BCUT2D eigenvalue weighted by atomic mass is 10.0. The van der Waals surface area contributed by atoms with Gasteiger partial charge in [-0.15, -0.1) is 0 Å². The van der Waals surface area contributed by atoms with E-state index in [4.69, 9.17) is 21.1 Å². The normalized spacial score (nSPS) is 12.0. The Kier molecular flexibility index (Phi) is 8.87. The van der Waals surface area contributed by atoms with Crippen molar-refractivity contribution in [2.75, 3.05) is 26.9 Å². The average molecular weight is 314 g/mol. The Hall–Kier alpha value is -1.26. The van der Waals surface area contributed by atoms with Gasteiger partial charge in [0.15, 0.2) is 0 Å². The van der Waals surface area contributed by atoms with E-state index in [-0.39, 0.29) is 0 Å². The molecule has 1 amide bonds. The van der Waals surface area contributed by atoms with Crippen LogP contribution >= 0.6 is 11.6 Å². The maximum atomic E-state index is 10.3. The van der Waals surface area contributed by atoms with Crippen LogP contribution in [0.3, 0.4) is 0 Å². The summed E-state index contributed by atoms with van der Waals surface area (Å²) in [5.74, 6) is 1.17. The molecule has 0 aromatic heterocycles. The number of carbonyl (C=O) groups is 1. The number of hydrogen-bond acceptors (Lipinski definition) is 3. The van der Waals surface area contributed by atoms with Crippen LogP contribution < -0.4 is 10.1 Å². The predicted octanol–water partition coefficient (Wildman–Crippen LogP) is 3.07. The average Bonchev–Trinajstić information content (AvgIpc) is 2.49. The van der Waals surface area contributed by atoms with Crippen molar-refractivity contribution in [1.82, 2.24) is 5.32 Å². The van der Waals surface area contributed by atoms with Crippen LogP contribution in [0, 0.1) is 5.92 Å². The second-order valence-corrected chi connectivity index (χ2v) is 5.54. The van der Waals surface area contributed by atoms with Gasteiger partial charge in [-0.1, -0.05) is 24.6 Å². The third kappa shape index (κ3) is 7.34. The van der Waals surface area contributed by atoms with Crippen molar-refractivity contribution in [3.05, 3.63) is 28.8 Å². The number of amides is 1. The van der Waals surface area contributed by atoms with E-state index in [0.29, 0.717) is 30.7 Å². The number of aryl methyl sites for hydroxylation is 1. The van der Waals surface area contributed by atoms with E-state index in [9.17, 15) is 4.79 Å². The molecule has 5 heteroatoms. The minimum Gasteiger partial charge on any atom is -0.492 e. The molecule has 0 heterocycles. The molecule has 0 spiro atoms. The summed E-state index contributed by atoms with van der Waals surface area (Å²) in [6.45, 7) is 4.10. The van der Waals surface area contributed by atoms with E-state index in [1.54, 1.807) is 7.11 Å². The van der Waals surface area contributed by atoms with E-state index in [1.165, 1.54) is 5.56 Å². The van der Waals surface area contributed by atoms with Gasteiger partial charge in [-0.05, 0) is 36.5 Å². The summed E-state index contributed by atoms with van der Waals surface area (Å²) in [5.41, 5.74) is 1.19. The van der Waals surface area contributed by atoms with Gasteiger partial charge in [0, 0.05) is 26.7 Å². The van der Waals surface area contributed by atoms with Crippen molar-refractivity contribution in [2.24, 2.45) is 5.92 Å². The molecule has 1 atom stereocenters. The van der Waals surface area contributed by atoms with Crippen molar-refractivity contribution in [1.29, 1.82) is 0 Å². The summed E-state index contributed by atoms with van der Waals surface area (Å²) >= 11 is 6.14. The van der Waals surface area contributed by atoms with Crippen LogP contribution in [-0.4, -0.2) is 33.3 Å². The Morgan fingerprint density at radius 1 is 1.38 bits per heavy atom. The highest BCUT2D eigenvalue weighted by Gasteiger charge is 2.06. The van der Waals surface area contributed by atoms with Gasteiger partial charge in [-0.25, -0.2) is 0 Å². The topological polar surface area (TPSA) is 47.6 Å². The van der Waals surface area contributed by atoms with Gasteiger partial charge < -0.3 is 14.8 Å². The number of rotatable bonds is 11. The Morgan fingerprint density at radius 2 is 2.19 bits per heavy atom. The highest BCUT2D eigenvalue weighted by molar-refractivity contribution is 6.32. The monoisotopic (exact) mass is 313 g/mol. The fourth-order valence-electron chi connectivity index (χ4n) is 1.96. The molecule has 0 saturated heterocycles. The van der Waals surface area contributed by atoms with Crippen LogP contribution in [0.15, 0.2) is 18.2 Å². The van der Waals surface area contributed by atoms with Crippen molar-refractivity contribution < 1.29 is 14.3 Å². The van der Waals surface area contributed by atoms with Gasteiger partial charge in [0.1, 0.15) is 5.75 Å². The fraction of sp³-hybridized carbons (Fsp3) is 0.562. The largest absolute Gasteiger partial charge is 0.492 e. The summed E-state index contributed by atoms with van der Waals surface area (Å²) in [6.07, 6.45) is 3.52. The van der Waals surface area contributed by atoms with E-state index < -0.39 is 0 Å². The summed E-state index contributed by atoms with van der Waals surface area (Å²) < 4.78 is 10.7. The summed E-state index contributed by atoms with van der Waals surface area (Å²) in [5, 5.41) is 3.34. The molecule has 0 saturated carbocycles. The summed E-state index contributed by atoms with van der Waals surface area (Å²) in [6, 6.07) is 5.89. The zero-order valence-corrected chi connectivity index (χ0v) is 13.5. The standard InChI is InChI=1S/C16H24ClNO3/c1-13(11-18-12-19)4-5-14-6-7-15(17)16(10-14)21-9-3-8-20-2/h6-7,10,12-13H,3-5,8-9,11H2,1-2H3,(H,18,19)/t13-/m0/s1.